The molecule has 29 heavy (non-hydrogen) atoms. The molecule has 1 unspecified atom stereocenters. The molecular formula is C21H26N3O3S2+. The van der Waals surface area contributed by atoms with Crippen LogP contribution in [0, 0.1) is 4.84 Å². The average molecular weight is 433 g/mol. The molecule has 154 valence electrons. The summed E-state index contributed by atoms with van der Waals surface area (Å²) in [6, 6.07) is 13.5. The van der Waals surface area contributed by atoms with Crippen LogP contribution >= 0.6 is 12.2 Å². The third kappa shape index (κ3) is 3.77. The third-order valence-corrected chi connectivity index (χ3v) is 8.02. The van der Waals surface area contributed by atoms with Crippen molar-refractivity contribution in [1.29, 1.82) is 0 Å². The van der Waals surface area contributed by atoms with E-state index in [1.54, 1.807) is 18.2 Å². The summed E-state index contributed by atoms with van der Waals surface area (Å²) in [6.07, 6.45) is 1.02. The molecule has 2 aromatic carbocycles. The lowest BCUT2D eigenvalue weighted by Gasteiger charge is -2.26. The van der Waals surface area contributed by atoms with Crippen molar-refractivity contribution in [2.45, 2.75) is 38.4 Å². The van der Waals surface area contributed by atoms with Gasteiger partial charge in [0.25, 0.3) is 4.84 Å². The predicted molar refractivity (Wildman–Crippen MR) is 115 cm³/mol. The minimum atomic E-state index is -3.54. The van der Waals surface area contributed by atoms with Crippen molar-refractivity contribution in [3.8, 4) is 0 Å². The molecule has 4 rings (SSSR count). The van der Waals surface area contributed by atoms with Crippen LogP contribution in [0.4, 0.5) is 0 Å². The van der Waals surface area contributed by atoms with Crippen LogP contribution in [0.3, 0.4) is 0 Å². The zero-order valence-corrected chi connectivity index (χ0v) is 18.4. The molecule has 1 atom stereocenters. The van der Waals surface area contributed by atoms with E-state index in [0.717, 1.165) is 25.0 Å². The summed E-state index contributed by atoms with van der Waals surface area (Å²) in [5.74, 6) is 0. The number of hydrogen-bond donors (Lipinski definition) is 1. The van der Waals surface area contributed by atoms with Crippen molar-refractivity contribution in [3.63, 3.8) is 0 Å². The number of rotatable bonds is 6. The van der Waals surface area contributed by atoms with Crippen LogP contribution in [-0.4, -0.2) is 36.9 Å². The molecule has 0 fully saturated rings. The molecule has 0 spiro atoms. The highest BCUT2D eigenvalue weighted by molar-refractivity contribution is 7.89. The summed E-state index contributed by atoms with van der Waals surface area (Å²) in [7, 11) is -3.54. The lowest BCUT2D eigenvalue weighted by Crippen LogP contribution is -3.11. The van der Waals surface area contributed by atoms with Crippen LogP contribution < -0.4 is 4.90 Å². The maximum atomic E-state index is 12.9. The molecular weight excluding hydrogens is 406 g/mol. The Morgan fingerprint density at radius 1 is 1.14 bits per heavy atom. The molecule has 6 nitrogen and oxygen atoms in total. The lowest BCUT2D eigenvalue weighted by atomic mass is 10.0. The number of aromatic nitrogens is 1. The molecule has 0 radical (unpaired) electrons. The Balaban J connectivity index is 1.69. The van der Waals surface area contributed by atoms with Gasteiger partial charge in [0.2, 0.25) is 10.0 Å². The summed E-state index contributed by atoms with van der Waals surface area (Å²) in [5.41, 5.74) is 4.11. The van der Waals surface area contributed by atoms with Crippen LogP contribution in [0.25, 0.3) is 11.1 Å². The second kappa shape index (κ2) is 8.02. The van der Waals surface area contributed by atoms with E-state index in [1.165, 1.54) is 20.3 Å². The quantitative estimate of drug-likeness (QED) is 0.609. The third-order valence-electron chi connectivity index (χ3n) is 5.67. The zero-order valence-electron chi connectivity index (χ0n) is 16.7. The van der Waals surface area contributed by atoms with Gasteiger partial charge in [-0.2, -0.15) is 4.31 Å². The van der Waals surface area contributed by atoms with Crippen LogP contribution in [0.1, 0.15) is 25.0 Å². The van der Waals surface area contributed by atoms with Crippen LogP contribution in [0.2, 0.25) is 0 Å². The molecule has 3 aromatic rings. The number of hydrogen-bond acceptors (Lipinski definition) is 4. The van der Waals surface area contributed by atoms with Crippen molar-refractivity contribution in [2.24, 2.45) is 0 Å². The van der Waals surface area contributed by atoms with Gasteiger partial charge in [-0.15, -0.1) is 0 Å². The van der Waals surface area contributed by atoms with Gasteiger partial charge >= 0.3 is 0 Å². The highest BCUT2D eigenvalue weighted by Gasteiger charge is 2.24. The van der Waals surface area contributed by atoms with Gasteiger partial charge in [0.1, 0.15) is 6.54 Å². The lowest BCUT2D eigenvalue weighted by molar-refractivity contribution is -0.938. The molecule has 8 heteroatoms. The minimum Gasteiger partial charge on any atom is -0.429 e. The van der Waals surface area contributed by atoms with Gasteiger partial charge in [-0.25, -0.2) is 8.42 Å². The van der Waals surface area contributed by atoms with E-state index in [9.17, 15) is 8.42 Å². The molecule has 0 bridgehead atoms. The SMILES string of the molecule is CCN(CC)S(=O)(=O)c1ccc2oc(=S)n(C[NH+]3CCc4ccccc4C3)c2c1. The molecule has 0 saturated heterocycles. The fourth-order valence-corrected chi connectivity index (χ4v) is 5.80. The fourth-order valence-electron chi connectivity index (χ4n) is 4.07. The first-order valence-corrected chi connectivity index (χ1v) is 11.8. The number of nitrogens with zero attached hydrogens (tertiary/aromatic N) is 2. The van der Waals surface area contributed by atoms with E-state index in [0.29, 0.717) is 30.2 Å². The molecule has 2 heterocycles. The van der Waals surface area contributed by atoms with Crippen molar-refractivity contribution in [2.75, 3.05) is 19.6 Å². The molecule has 0 aliphatic carbocycles. The van der Waals surface area contributed by atoms with E-state index in [-0.39, 0.29) is 4.90 Å². The average Bonchev–Trinajstić information content (AvgIpc) is 3.03. The Bertz CT molecular complexity index is 1190. The zero-order chi connectivity index (χ0) is 20.6. The number of nitrogens with one attached hydrogen (secondary N) is 1. The van der Waals surface area contributed by atoms with Crippen LogP contribution in [0.15, 0.2) is 51.8 Å². The number of quaternary nitrogens is 1. The number of sulfonamides is 1. The second-order valence-electron chi connectivity index (χ2n) is 7.37. The van der Waals surface area contributed by atoms with Gasteiger partial charge in [-0.3, -0.25) is 4.57 Å². The number of oxazole rings is 1. The molecule has 0 amide bonds. The molecule has 1 aliphatic heterocycles. The van der Waals surface area contributed by atoms with Gasteiger partial charge in [0.15, 0.2) is 12.3 Å². The van der Waals surface area contributed by atoms with E-state index in [2.05, 4.69) is 24.3 Å². The fraction of sp³-hybridized carbons (Fsp3) is 0.381. The summed E-state index contributed by atoms with van der Waals surface area (Å²) >= 11 is 5.46. The molecule has 1 aromatic heterocycles. The minimum absolute atomic E-state index is 0.275. The Kier molecular flexibility index (Phi) is 5.61. The highest BCUT2D eigenvalue weighted by Crippen LogP contribution is 2.23. The van der Waals surface area contributed by atoms with Gasteiger partial charge in [-0.05, 0) is 36.0 Å². The maximum Gasteiger partial charge on any atom is 0.274 e. The van der Waals surface area contributed by atoms with Crippen molar-refractivity contribution in [1.82, 2.24) is 8.87 Å². The topological polar surface area (TPSA) is 59.9 Å². The summed E-state index contributed by atoms with van der Waals surface area (Å²) < 4.78 is 35.0. The maximum absolute atomic E-state index is 12.9. The van der Waals surface area contributed by atoms with E-state index in [1.807, 2.05) is 18.4 Å². The standard InChI is InChI=1S/C21H25N3O3S2/c1-3-23(4-2)29(25,26)18-9-10-20-19(13-18)24(21(28)27-20)15-22-12-11-16-7-5-6-8-17(16)14-22/h5-10,13H,3-4,11-12,14-15H2,1-2H3/p+1. The van der Waals surface area contributed by atoms with Crippen molar-refractivity contribution in [3.05, 3.63) is 58.4 Å². The predicted octanol–water partition coefficient (Wildman–Crippen LogP) is 2.59. The first-order chi connectivity index (χ1) is 13.9. The van der Waals surface area contributed by atoms with E-state index in [4.69, 9.17) is 16.6 Å². The van der Waals surface area contributed by atoms with Crippen LogP contribution in [0.5, 0.6) is 0 Å². The molecule has 0 saturated carbocycles. The van der Waals surface area contributed by atoms with Crippen molar-refractivity contribution < 1.29 is 17.7 Å². The van der Waals surface area contributed by atoms with Crippen LogP contribution in [-0.2, 0) is 29.7 Å². The Labute approximate surface area is 176 Å². The highest BCUT2D eigenvalue weighted by atomic mass is 32.2. The molecule has 1 N–H and O–H groups in total. The van der Waals surface area contributed by atoms with Gasteiger partial charge in [0.05, 0.1) is 17.0 Å². The number of benzene rings is 2. The normalized spacial score (nSPS) is 17.0. The molecule has 1 aliphatic rings. The second-order valence-corrected chi connectivity index (χ2v) is 9.66. The smallest absolute Gasteiger partial charge is 0.274 e. The Morgan fingerprint density at radius 2 is 1.86 bits per heavy atom. The Morgan fingerprint density at radius 3 is 2.59 bits per heavy atom. The van der Waals surface area contributed by atoms with Crippen molar-refractivity contribution >= 4 is 33.3 Å². The Hall–Kier alpha value is -2.00. The van der Waals surface area contributed by atoms with Gasteiger partial charge in [-0.1, -0.05) is 38.1 Å². The van der Waals surface area contributed by atoms with E-state index >= 15 is 0 Å². The monoisotopic (exact) mass is 432 g/mol. The first-order valence-electron chi connectivity index (χ1n) is 9.98. The summed E-state index contributed by atoms with van der Waals surface area (Å²) in [5, 5.41) is 0. The van der Waals surface area contributed by atoms with Gasteiger partial charge < -0.3 is 9.32 Å². The largest absolute Gasteiger partial charge is 0.429 e. The number of fused-ring (bicyclic) bond motifs is 2. The van der Waals surface area contributed by atoms with Gasteiger partial charge in [0, 0.05) is 25.1 Å². The van der Waals surface area contributed by atoms with E-state index < -0.39 is 10.0 Å². The summed E-state index contributed by atoms with van der Waals surface area (Å²) in [4.78, 5) is 2.03. The summed E-state index contributed by atoms with van der Waals surface area (Å²) in [6.45, 7) is 7.13. The first kappa shape index (κ1) is 20.3.